The number of anilines is 1. The highest BCUT2D eigenvalue weighted by atomic mass is 35.5. The first-order valence-corrected chi connectivity index (χ1v) is 8.59. The first-order chi connectivity index (χ1) is 12.5. The van der Waals surface area contributed by atoms with Crippen molar-refractivity contribution in [3.05, 3.63) is 58.6 Å². The zero-order valence-corrected chi connectivity index (χ0v) is 15.6. The van der Waals surface area contributed by atoms with Crippen LogP contribution in [0.5, 0.6) is 11.5 Å². The van der Waals surface area contributed by atoms with Crippen LogP contribution < -0.4 is 14.5 Å². The quantitative estimate of drug-likeness (QED) is 0.725. The third-order valence-electron chi connectivity index (χ3n) is 3.91. The maximum atomic E-state index is 12.8. The molecule has 0 aliphatic carbocycles. The molecular weight excluding hydrogens is 352 g/mol. The number of amides is 1. The lowest BCUT2D eigenvalue weighted by atomic mass is 10.1. The summed E-state index contributed by atoms with van der Waals surface area (Å²) in [7, 11) is 1.59. The van der Waals surface area contributed by atoms with Gasteiger partial charge in [0.05, 0.1) is 30.7 Å². The number of hydrogen-bond acceptors (Lipinski definition) is 4. The van der Waals surface area contributed by atoms with Crippen LogP contribution in [0.3, 0.4) is 0 Å². The van der Waals surface area contributed by atoms with Crippen molar-refractivity contribution in [3.63, 3.8) is 0 Å². The average molecular weight is 371 g/mol. The molecule has 0 fully saturated rings. The first-order valence-electron chi connectivity index (χ1n) is 8.21. The molecule has 0 spiro atoms. The van der Waals surface area contributed by atoms with E-state index in [9.17, 15) is 4.79 Å². The number of rotatable bonds is 5. The molecule has 1 aliphatic rings. The number of halogens is 1. The van der Waals surface area contributed by atoms with E-state index in [1.165, 1.54) is 5.01 Å². The predicted molar refractivity (Wildman–Crippen MR) is 104 cm³/mol. The Balaban J connectivity index is 1.94. The van der Waals surface area contributed by atoms with Crippen LogP contribution in [0.1, 0.15) is 19.4 Å². The van der Waals surface area contributed by atoms with E-state index >= 15 is 0 Å². The third-order valence-corrected chi connectivity index (χ3v) is 4.15. The highest BCUT2D eigenvalue weighted by Crippen LogP contribution is 2.31. The minimum Gasteiger partial charge on any atom is -0.493 e. The van der Waals surface area contributed by atoms with Crippen molar-refractivity contribution >= 4 is 35.0 Å². The van der Waals surface area contributed by atoms with E-state index < -0.39 is 0 Å². The van der Waals surface area contributed by atoms with Gasteiger partial charge in [0.1, 0.15) is 0 Å². The van der Waals surface area contributed by atoms with E-state index in [4.69, 9.17) is 21.1 Å². The zero-order chi connectivity index (χ0) is 18.7. The summed E-state index contributed by atoms with van der Waals surface area (Å²) in [6, 6.07) is 12.6. The Morgan fingerprint density at radius 1 is 1.19 bits per heavy atom. The third kappa shape index (κ3) is 3.58. The lowest BCUT2D eigenvalue weighted by Gasteiger charge is -2.12. The van der Waals surface area contributed by atoms with Crippen molar-refractivity contribution in [1.82, 2.24) is 0 Å². The van der Waals surface area contributed by atoms with Crippen LogP contribution in [0, 0.1) is 0 Å². The van der Waals surface area contributed by atoms with Gasteiger partial charge in [0.2, 0.25) is 0 Å². The fourth-order valence-electron chi connectivity index (χ4n) is 2.69. The van der Waals surface area contributed by atoms with Gasteiger partial charge in [-0.3, -0.25) is 4.79 Å². The molecule has 0 radical (unpaired) electrons. The van der Waals surface area contributed by atoms with Gasteiger partial charge in [-0.15, -0.1) is 0 Å². The van der Waals surface area contributed by atoms with Crippen LogP contribution in [0.15, 0.2) is 53.1 Å². The Morgan fingerprint density at radius 3 is 2.69 bits per heavy atom. The molecule has 0 atom stereocenters. The second-order valence-electron chi connectivity index (χ2n) is 5.68. The van der Waals surface area contributed by atoms with Gasteiger partial charge in [-0.2, -0.15) is 10.1 Å². The van der Waals surface area contributed by atoms with Gasteiger partial charge in [-0.05, 0) is 55.8 Å². The summed E-state index contributed by atoms with van der Waals surface area (Å²) in [4.78, 5) is 12.8. The number of carbonyl (C=O) groups is 1. The number of nitrogens with zero attached hydrogens (tertiary/aromatic N) is 2. The van der Waals surface area contributed by atoms with Gasteiger partial charge in [0, 0.05) is 5.02 Å². The maximum Gasteiger partial charge on any atom is 0.280 e. The zero-order valence-electron chi connectivity index (χ0n) is 14.8. The summed E-state index contributed by atoms with van der Waals surface area (Å²) in [5.41, 5.74) is 2.64. The van der Waals surface area contributed by atoms with Crippen LogP contribution in [-0.2, 0) is 4.79 Å². The Bertz CT molecular complexity index is 906. The summed E-state index contributed by atoms with van der Waals surface area (Å²) in [5, 5.41) is 6.28. The summed E-state index contributed by atoms with van der Waals surface area (Å²) >= 11 is 6.02. The molecule has 3 rings (SSSR count). The van der Waals surface area contributed by atoms with Gasteiger partial charge in [0.15, 0.2) is 11.5 Å². The molecule has 26 heavy (non-hydrogen) atoms. The van der Waals surface area contributed by atoms with Crippen molar-refractivity contribution < 1.29 is 14.3 Å². The molecular formula is C20H19ClN2O3. The lowest BCUT2D eigenvalue weighted by molar-refractivity contribution is -0.114. The topological polar surface area (TPSA) is 51.1 Å². The van der Waals surface area contributed by atoms with E-state index in [1.54, 1.807) is 44.4 Å². The average Bonchev–Trinajstić information content (AvgIpc) is 2.90. The van der Waals surface area contributed by atoms with Gasteiger partial charge in [-0.25, -0.2) is 0 Å². The number of methoxy groups -OCH3 is 1. The molecule has 1 heterocycles. The fraction of sp³-hybridized carbons (Fsp3) is 0.200. The minimum absolute atomic E-state index is 0.196. The summed E-state index contributed by atoms with van der Waals surface area (Å²) < 4.78 is 10.9. The molecule has 0 aromatic heterocycles. The molecule has 134 valence electrons. The molecule has 2 aromatic carbocycles. The summed E-state index contributed by atoms with van der Waals surface area (Å²) in [5.74, 6) is 1.09. The smallest absolute Gasteiger partial charge is 0.280 e. The van der Waals surface area contributed by atoms with Crippen molar-refractivity contribution in [2.24, 2.45) is 5.10 Å². The van der Waals surface area contributed by atoms with Crippen LogP contribution in [0.4, 0.5) is 5.69 Å². The second kappa shape index (κ2) is 7.62. The molecule has 6 heteroatoms. The van der Waals surface area contributed by atoms with E-state index in [-0.39, 0.29) is 5.91 Å². The van der Waals surface area contributed by atoms with Crippen LogP contribution in [-0.4, -0.2) is 25.3 Å². The molecule has 0 unspecified atom stereocenters. The van der Waals surface area contributed by atoms with Gasteiger partial charge in [-0.1, -0.05) is 23.7 Å². The monoisotopic (exact) mass is 370 g/mol. The van der Waals surface area contributed by atoms with Gasteiger partial charge >= 0.3 is 0 Å². The van der Waals surface area contributed by atoms with Crippen LogP contribution in [0.25, 0.3) is 6.08 Å². The largest absolute Gasteiger partial charge is 0.493 e. The highest BCUT2D eigenvalue weighted by Gasteiger charge is 2.28. The number of benzene rings is 2. The first kappa shape index (κ1) is 18.0. The molecule has 1 amide bonds. The Kier molecular flexibility index (Phi) is 5.28. The standard InChI is InChI=1S/C20H19ClN2O3/c1-4-26-19-11-14(8-9-18(19)25-3)10-17-13(2)22-23(20(17)24)16-7-5-6-15(21)12-16/h5-12H,4H2,1-3H3/b17-10+. The highest BCUT2D eigenvalue weighted by molar-refractivity contribution is 6.33. The molecule has 2 aromatic rings. The summed E-state index contributed by atoms with van der Waals surface area (Å²) in [6.45, 7) is 4.24. The summed E-state index contributed by atoms with van der Waals surface area (Å²) in [6.07, 6.45) is 1.80. The molecule has 0 bridgehead atoms. The normalized spacial score (nSPS) is 15.4. The SMILES string of the molecule is CCOc1cc(/C=C2/C(=O)N(c3cccc(Cl)c3)N=C2C)ccc1OC. The van der Waals surface area contributed by atoms with Crippen LogP contribution in [0.2, 0.25) is 5.02 Å². The van der Waals surface area contributed by atoms with Crippen molar-refractivity contribution in [2.75, 3.05) is 18.7 Å². The molecule has 0 N–H and O–H groups in total. The van der Waals surface area contributed by atoms with Gasteiger partial charge < -0.3 is 9.47 Å². The fourth-order valence-corrected chi connectivity index (χ4v) is 2.87. The number of carbonyl (C=O) groups excluding carboxylic acids is 1. The predicted octanol–water partition coefficient (Wildman–Crippen LogP) is 4.55. The number of hydrazone groups is 1. The maximum absolute atomic E-state index is 12.8. The second-order valence-corrected chi connectivity index (χ2v) is 6.12. The molecule has 1 aliphatic heterocycles. The van der Waals surface area contributed by atoms with E-state index in [1.807, 2.05) is 25.1 Å². The molecule has 0 saturated carbocycles. The Labute approximate surface area is 157 Å². The van der Waals surface area contributed by atoms with Crippen molar-refractivity contribution in [2.45, 2.75) is 13.8 Å². The number of hydrogen-bond donors (Lipinski definition) is 0. The van der Waals surface area contributed by atoms with E-state index in [0.29, 0.717) is 40.1 Å². The Hall–Kier alpha value is -2.79. The lowest BCUT2D eigenvalue weighted by Crippen LogP contribution is -2.21. The Morgan fingerprint density at radius 2 is 2.00 bits per heavy atom. The molecule has 0 saturated heterocycles. The molecule has 5 nitrogen and oxygen atoms in total. The minimum atomic E-state index is -0.196. The van der Waals surface area contributed by atoms with Crippen molar-refractivity contribution in [3.8, 4) is 11.5 Å². The van der Waals surface area contributed by atoms with E-state index in [0.717, 1.165) is 5.56 Å². The van der Waals surface area contributed by atoms with Crippen molar-refractivity contribution in [1.29, 1.82) is 0 Å². The van der Waals surface area contributed by atoms with E-state index in [2.05, 4.69) is 5.10 Å². The number of ether oxygens (including phenoxy) is 2. The van der Waals surface area contributed by atoms with Gasteiger partial charge in [0.25, 0.3) is 5.91 Å². The van der Waals surface area contributed by atoms with Crippen LogP contribution >= 0.6 is 11.6 Å².